The topological polar surface area (TPSA) is 149 Å². The number of rotatable bonds is 6. The molecule has 0 saturated carbocycles. The van der Waals surface area contributed by atoms with Crippen LogP contribution in [0.15, 0.2) is 59.1 Å². The van der Waals surface area contributed by atoms with E-state index in [1.54, 1.807) is 33.8 Å². The highest BCUT2D eigenvalue weighted by Crippen LogP contribution is 2.65. The molecule has 0 bridgehead atoms. The number of benzene rings is 2. The van der Waals surface area contributed by atoms with Crippen LogP contribution in [0, 0.1) is 40.4 Å². The van der Waals surface area contributed by atoms with Crippen LogP contribution in [0.4, 0.5) is 0 Å². The molecular formula is C39H42O8. The minimum absolute atomic E-state index is 0.00439. The second-order valence-electron chi connectivity index (χ2n) is 14.7. The number of phenols is 1. The van der Waals surface area contributed by atoms with Crippen molar-refractivity contribution in [1.82, 2.24) is 0 Å². The van der Waals surface area contributed by atoms with E-state index in [2.05, 4.69) is 11.8 Å². The van der Waals surface area contributed by atoms with E-state index in [-0.39, 0.29) is 41.4 Å². The maximum atomic E-state index is 14.2. The van der Waals surface area contributed by atoms with Gasteiger partial charge in [0.15, 0.2) is 17.2 Å². The van der Waals surface area contributed by atoms with Gasteiger partial charge in [0.2, 0.25) is 5.78 Å². The third-order valence-electron chi connectivity index (χ3n) is 10.2. The SMILES string of the molecule is CC(=O)C1=C(O)C(C(C)C)[C@@]2(C)C[C@@]3(C)Cc4c(C#Cc5ccc(CC(=O)CC(C)C)cc5)ccc(O)c4C(=O)C3=C(O)[C@@]2(O)C1=O. The molecule has 0 aliphatic heterocycles. The van der Waals surface area contributed by atoms with Gasteiger partial charge in [0.05, 0.1) is 5.56 Å². The smallest absolute Gasteiger partial charge is 0.209 e. The molecule has 3 aliphatic carbocycles. The Morgan fingerprint density at radius 2 is 1.60 bits per heavy atom. The molecule has 0 aromatic heterocycles. The number of carbonyl (C=O) groups is 4. The Kier molecular flexibility index (Phi) is 8.39. The summed E-state index contributed by atoms with van der Waals surface area (Å²) in [7, 11) is 0. The number of phenolic OH excluding ortho intramolecular Hbond substituents is 1. The number of carbonyl (C=O) groups excluding carboxylic acids is 4. The summed E-state index contributed by atoms with van der Waals surface area (Å²) >= 11 is 0. The minimum atomic E-state index is -2.66. The standard InChI is InChI=1S/C39H42O8/c1-20(2)16-26(41)17-24-10-8-23(9-11-24)12-13-25-14-15-28(42)30-27(25)18-37(6)19-38(7)31(21(3)4)33(43)29(22(5)40)35(45)39(38,47)36(46)32(37)34(30)44/h8-11,14-15,20-21,31,42-43,46-47H,16-19H2,1-7H3/t31?,37-,38-,39+/m1/s1. The Morgan fingerprint density at radius 3 is 2.17 bits per heavy atom. The first kappa shape index (κ1) is 33.9. The Labute approximate surface area is 275 Å². The summed E-state index contributed by atoms with van der Waals surface area (Å²) in [6.45, 7) is 12.1. The van der Waals surface area contributed by atoms with Gasteiger partial charge in [0, 0.05) is 46.3 Å². The van der Waals surface area contributed by atoms with Gasteiger partial charge < -0.3 is 20.4 Å². The summed E-state index contributed by atoms with van der Waals surface area (Å²) in [5.41, 5.74) is -3.60. The van der Waals surface area contributed by atoms with Gasteiger partial charge in [-0.25, -0.2) is 0 Å². The van der Waals surface area contributed by atoms with Gasteiger partial charge in [-0.3, -0.25) is 19.2 Å². The van der Waals surface area contributed by atoms with Crippen LogP contribution in [0.3, 0.4) is 0 Å². The molecule has 3 aliphatic rings. The van der Waals surface area contributed by atoms with Gasteiger partial charge in [0.25, 0.3) is 0 Å². The lowest BCUT2D eigenvalue weighted by Gasteiger charge is -2.59. The van der Waals surface area contributed by atoms with Crippen molar-refractivity contribution >= 4 is 23.1 Å². The molecule has 4 atom stereocenters. The highest BCUT2D eigenvalue weighted by Gasteiger charge is 2.71. The molecule has 0 spiro atoms. The van der Waals surface area contributed by atoms with Crippen LogP contribution < -0.4 is 0 Å². The molecule has 0 radical (unpaired) electrons. The fourth-order valence-electron chi connectivity index (χ4n) is 8.45. The molecule has 5 rings (SSSR count). The summed E-state index contributed by atoms with van der Waals surface area (Å²) in [5, 5.41) is 46.2. The number of Topliss-reactive ketones (excluding diaryl/α,β-unsaturated/α-hetero) is 4. The van der Waals surface area contributed by atoms with E-state index >= 15 is 0 Å². The fourth-order valence-corrected chi connectivity index (χ4v) is 8.45. The van der Waals surface area contributed by atoms with Crippen molar-refractivity contribution in [3.8, 4) is 17.6 Å². The Balaban J connectivity index is 1.60. The number of fused-ring (bicyclic) bond motifs is 3. The molecule has 0 saturated heterocycles. The van der Waals surface area contributed by atoms with Gasteiger partial charge in [-0.15, -0.1) is 0 Å². The third kappa shape index (κ3) is 5.21. The Morgan fingerprint density at radius 1 is 0.957 bits per heavy atom. The molecular weight excluding hydrogens is 596 g/mol. The predicted octanol–water partition coefficient (Wildman–Crippen LogP) is 5.90. The van der Waals surface area contributed by atoms with Crippen LogP contribution in [0.5, 0.6) is 5.75 Å². The van der Waals surface area contributed by atoms with Gasteiger partial charge >= 0.3 is 0 Å². The maximum absolute atomic E-state index is 14.2. The normalized spacial score (nSPS) is 26.9. The monoisotopic (exact) mass is 638 g/mol. The summed E-state index contributed by atoms with van der Waals surface area (Å²) in [6, 6.07) is 10.4. The highest BCUT2D eigenvalue weighted by molar-refractivity contribution is 6.25. The largest absolute Gasteiger partial charge is 0.511 e. The van der Waals surface area contributed by atoms with E-state index in [4.69, 9.17) is 0 Å². The van der Waals surface area contributed by atoms with Crippen molar-refractivity contribution in [2.24, 2.45) is 28.6 Å². The maximum Gasteiger partial charge on any atom is 0.209 e. The van der Waals surface area contributed by atoms with Crippen molar-refractivity contribution in [2.75, 3.05) is 0 Å². The first-order chi connectivity index (χ1) is 21.9. The summed E-state index contributed by atoms with van der Waals surface area (Å²) in [4.78, 5) is 52.8. The molecule has 47 heavy (non-hydrogen) atoms. The zero-order valence-corrected chi connectivity index (χ0v) is 27.9. The first-order valence-corrected chi connectivity index (χ1v) is 16.0. The van der Waals surface area contributed by atoms with Crippen molar-refractivity contribution in [2.45, 2.75) is 79.8 Å². The number of aromatic hydroxyl groups is 1. The van der Waals surface area contributed by atoms with Crippen LogP contribution in [-0.2, 0) is 27.2 Å². The van der Waals surface area contributed by atoms with Crippen LogP contribution in [0.2, 0.25) is 0 Å². The zero-order valence-electron chi connectivity index (χ0n) is 27.9. The van der Waals surface area contributed by atoms with Crippen LogP contribution in [-0.4, -0.2) is 49.2 Å². The fraction of sp³-hybridized carbons (Fsp3) is 0.436. The molecule has 8 nitrogen and oxygen atoms in total. The number of hydrogen-bond donors (Lipinski definition) is 4. The minimum Gasteiger partial charge on any atom is -0.511 e. The molecule has 0 heterocycles. The number of aliphatic hydroxyl groups excluding tert-OH is 2. The van der Waals surface area contributed by atoms with Crippen LogP contribution >= 0.6 is 0 Å². The average Bonchev–Trinajstić information content (AvgIpc) is 2.94. The molecule has 2 aromatic rings. The van der Waals surface area contributed by atoms with E-state index in [1.807, 2.05) is 38.1 Å². The summed E-state index contributed by atoms with van der Waals surface area (Å²) < 4.78 is 0. The van der Waals surface area contributed by atoms with Gasteiger partial charge in [0.1, 0.15) is 28.6 Å². The van der Waals surface area contributed by atoms with Crippen LogP contribution in [0.1, 0.15) is 93.9 Å². The molecule has 8 heteroatoms. The van der Waals surface area contributed by atoms with Crippen molar-refractivity contribution in [3.05, 3.63) is 86.9 Å². The lowest BCUT2D eigenvalue weighted by Crippen LogP contribution is -2.67. The van der Waals surface area contributed by atoms with E-state index in [0.29, 0.717) is 35.4 Å². The first-order valence-electron chi connectivity index (χ1n) is 16.0. The van der Waals surface area contributed by atoms with Crippen molar-refractivity contribution in [1.29, 1.82) is 0 Å². The van der Waals surface area contributed by atoms with E-state index < -0.39 is 56.8 Å². The molecule has 2 aromatic carbocycles. The second kappa shape index (κ2) is 11.6. The molecule has 246 valence electrons. The average molecular weight is 639 g/mol. The van der Waals surface area contributed by atoms with Crippen LogP contribution in [0.25, 0.3) is 0 Å². The second-order valence-corrected chi connectivity index (χ2v) is 14.7. The van der Waals surface area contributed by atoms with E-state index in [9.17, 15) is 39.6 Å². The quantitative estimate of drug-likeness (QED) is 0.226. The van der Waals surface area contributed by atoms with E-state index in [1.165, 1.54) is 6.07 Å². The van der Waals surface area contributed by atoms with Gasteiger partial charge in [-0.05, 0) is 67.0 Å². The lowest BCUT2D eigenvalue weighted by molar-refractivity contribution is -0.171. The molecule has 0 fully saturated rings. The Bertz CT molecular complexity index is 1850. The van der Waals surface area contributed by atoms with Gasteiger partial charge in [-0.2, -0.15) is 0 Å². The number of allylic oxidation sites excluding steroid dienone is 2. The highest BCUT2D eigenvalue weighted by atomic mass is 16.3. The molecule has 1 unspecified atom stereocenters. The number of aliphatic hydroxyl groups is 3. The Hall–Kier alpha value is -4.48. The third-order valence-corrected chi connectivity index (χ3v) is 10.2. The van der Waals surface area contributed by atoms with Gasteiger partial charge in [-0.1, -0.05) is 65.5 Å². The number of hydrogen-bond acceptors (Lipinski definition) is 8. The molecule has 0 amide bonds. The zero-order chi connectivity index (χ0) is 34.8. The lowest BCUT2D eigenvalue weighted by atomic mass is 9.44. The molecule has 4 N–H and O–H groups in total. The summed E-state index contributed by atoms with van der Waals surface area (Å²) in [6.07, 6.45) is 1.01. The van der Waals surface area contributed by atoms with E-state index in [0.717, 1.165) is 12.5 Å². The predicted molar refractivity (Wildman–Crippen MR) is 176 cm³/mol. The van der Waals surface area contributed by atoms with Crippen molar-refractivity contribution in [3.63, 3.8) is 0 Å². The summed E-state index contributed by atoms with van der Waals surface area (Å²) in [5.74, 6) is 1.21. The van der Waals surface area contributed by atoms with Crippen molar-refractivity contribution < 1.29 is 39.6 Å². The number of ketones is 4.